The molecule has 0 aromatic heterocycles. The second-order valence-electron chi connectivity index (χ2n) is 9.18. The summed E-state index contributed by atoms with van der Waals surface area (Å²) in [5, 5.41) is 2.96. The van der Waals surface area contributed by atoms with Gasteiger partial charge in [-0.25, -0.2) is 0 Å². The fourth-order valence-electron chi connectivity index (χ4n) is 5.64. The Morgan fingerprint density at radius 2 is 1.71 bits per heavy atom. The zero-order valence-electron chi connectivity index (χ0n) is 19.7. The van der Waals surface area contributed by atoms with Gasteiger partial charge < -0.3 is 15.0 Å². The van der Waals surface area contributed by atoms with Gasteiger partial charge in [0.05, 0.1) is 0 Å². The van der Waals surface area contributed by atoms with E-state index in [0.29, 0.717) is 19.4 Å². The zero-order chi connectivity index (χ0) is 25.3. The standard InChI is InChI=1S/C26H29F3N2O3S/c1-34-25(26(27,28)29,18-8-4-3-5-9-18)23(33)31-14-12-24(13-15-31)16-22(32)30-17-20(24)19-10-6-7-11-21(19)35-2/h3-11,20H,12-17H2,1-2H3,(H,30,32)/t20?,25-/m1/s1. The van der Waals surface area contributed by atoms with Crippen LogP contribution in [0, 0.1) is 5.41 Å². The molecule has 2 heterocycles. The summed E-state index contributed by atoms with van der Waals surface area (Å²) in [7, 11) is 0.921. The van der Waals surface area contributed by atoms with Gasteiger partial charge in [-0.2, -0.15) is 13.2 Å². The van der Waals surface area contributed by atoms with Gasteiger partial charge in [-0.1, -0.05) is 48.5 Å². The van der Waals surface area contributed by atoms with Crippen LogP contribution in [0.15, 0.2) is 59.5 Å². The molecule has 1 N–H and O–H groups in total. The molecule has 188 valence electrons. The molecule has 1 spiro atoms. The highest BCUT2D eigenvalue weighted by atomic mass is 32.2. The molecule has 2 fully saturated rings. The lowest BCUT2D eigenvalue weighted by Gasteiger charge is -2.50. The number of rotatable bonds is 5. The van der Waals surface area contributed by atoms with Crippen molar-refractivity contribution in [2.75, 3.05) is 33.0 Å². The van der Waals surface area contributed by atoms with Crippen LogP contribution in [-0.4, -0.2) is 55.9 Å². The third-order valence-corrected chi connectivity index (χ3v) is 8.31. The fraction of sp³-hybridized carbons (Fsp3) is 0.462. The maximum atomic E-state index is 14.4. The Balaban J connectivity index is 1.64. The molecule has 2 atom stereocenters. The molecular formula is C26H29F3N2O3S. The van der Waals surface area contributed by atoms with E-state index in [-0.39, 0.29) is 36.9 Å². The quantitative estimate of drug-likeness (QED) is 0.596. The van der Waals surface area contributed by atoms with E-state index in [1.807, 2.05) is 24.5 Å². The number of benzene rings is 2. The number of thioether (sulfide) groups is 1. The maximum Gasteiger partial charge on any atom is 0.430 e. The normalized spacial score (nSPS) is 21.9. The lowest BCUT2D eigenvalue weighted by molar-refractivity contribution is -0.271. The Morgan fingerprint density at radius 1 is 1.09 bits per heavy atom. The lowest BCUT2D eigenvalue weighted by atomic mass is 9.62. The smallest absolute Gasteiger partial charge is 0.356 e. The van der Waals surface area contributed by atoms with E-state index in [9.17, 15) is 22.8 Å². The highest BCUT2D eigenvalue weighted by Crippen LogP contribution is 2.51. The fourth-order valence-corrected chi connectivity index (χ4v) is 6.30. The zero-order valence-corrected chi connectivity index (χ0v) is 20.5. The Morgan fingerprint density at radius 3 is 2.31 bits per heavy atom. The van der Waals surface area contributed by atoms with Crippen LogP contribution < -0.4 is 5.32 Å². The number of methoxy groups -OCH3 is 1. The summed E-state index contributed by atoms with van der Waals surface area (Å²) >= 11 is 1.63. The van der Waals surface area contributed by atoms with Crippen molar-refractivity contribution in [3.05, 3.63) is 65.7 Å². The van der Waals surface area contributed by atoms with E-state index in [0.717, 1.165) is 17.6 Å². The van der Waals surface area contributed by atoms with Crippen LogP contribution in [0.3, 0.4) is 0 Å². The van der Waals surface area contributed by atoms with E-state index in [2.05, 4.69) is 11.4 Å². The molecule has 0 aliphatic carbocycles. The number of halogens is 3. The summed E-state index contributed by atoms with van der Waals surface area (Å²) in [6.07, 6.45) is -1.78. The monoisotopic (exact) mass is 506 g/mol. The number of nitrogens with zero attached hydrogens (tertiary/aromatic N) is 1. The first kappa shape index (κ1) is 25.6. The number of likely N-dealkylation sites (tertiary alicyclic amines) is 1. The van der Waals surface area contributed by atoms with Crippen LogP contribution in [0.5, 0.6) is 0 Å². The van der Waals surface area contributed by atoms with Crippen molar-refractivity contribution in [2.45, 2.75) is 41.9 Å². The maximum absolute atomic E-state index is 14.4. The highest BCUT2D eigenvalue weighted by molar-refractivity contribution is 7.98. The molecule has 9 heteroatoms. The predicted octanol–water partition coefficient (Wildman–Crippen LogP) is 4.73. The predicted molar refractivity (Wildman–Crippen MR) is 128 cm³/mol. The number of piperidine rings is 2. The number of amides is 2. The molecule has 2 aliphatic heterocycles. The van der Waals surface area contributed by atoms with Crippen molar-refractivity contribution in [3.8, 4) is 0 Å². The number of nitrogens with one attached hydrogen (secondary N) is 1. The Labute approximate surface area is 207 Å². The van der Waals surface area contributed by atoms with Crippen molar-refractivity contribution in [2.24, 2.45) is 5.41 Å². The van der Waals surface area contributed by atoms with Crippen LogP contribution in [0.1, 0.15) is 36.3 Å². The second-order valence-corrected chi connectivity index (χ2v) is 10.0. The van der Waals surface area contributed by atoms with Gasteiger partial charge in [0.25, 0.3) is 11.5 Å². The van der Waals surface area contributed by atoms with Crippen LogP contribution in [0.2, 0.25) is 0 Å². The van der Waals surface area contributed by atoms with Crippen LogP contribution >= 0.6 is 11.8 Å². The van der Waals surface area contributed by atoms with Gasteiger partial charge in [0.1, 0.15) is 0 Å². The first-order valence-electron chi connectivity index (χ1n) is 11.5. The summed E-state index contributed by atoms with van der Waals surface area (Å²) in [6.45, 7) is 0.717. The van der Waals surface area contributed by atoms with Gasteiger partial charge in [0.15, 0.2) is 0 Å². The van der Waals surface area contributed by atoms with E-state index in [1.54, 1.807) is 17.8 Å². The van der Waals surface area contributed by atoms with Crippen LogP contribution in [-0.2, 0) is 19.9 Å². The average molecular weight is 507 g/mol. The van der Waals surface area contributed by atoms with Gasteiger partial charge in [-0.05, 0) is 36.1 Å². The number of hydrogen-bond donors (Lipinski definition) is 1. The van der Waals surface area contributed by atoms with E-state index < -0.39 is 23.1 Å². The van der Waals surface area contributed by atoms with E-state index >= 15 is 0 Å². The van der Waals surface area contributed by atoms with Crippen molar-refractivity contribution in [1.82, 2.24) is 10.2 Å². The molecule has 0 bridgehead atoms. The Bertz CT molecular complexity index is 1070. The minimum Gasteiger partial charge on any atom is -0.356 e. The van der Waals surface area contributed by atoms with Gasteiger partial charge >= 0.3 is 6.18 Å². The Hall–Kier alpha value is -2.52. The van der Waals surface area contributed by atoms with Gasteiger partial charge in [-0.3, -0.25) is 9.59 Å². The van der Waals surface area contributed by atoms with Crippen molar-refractivity contribution in [1.29, 1.82) is 0 Å². The highest BCUT2D eigenvalue weighted by Gasteiger charge is 2.64. The Kier molecular flexibility index (Phi) is 7.20. The van der Waals surface area contributed by atoms with Gasteiger partial charge in [0.2, 0.25) is 5.91 Å². The van der Waals surface area contributed by atoms with Crippen LogP contribution in [0.4, 0.5) is 13.2 Å². The number of carbonyl (C=O) groups is 2. The molecule has 2 aromatic carbocycles. The number of carbonyl (C=O) groups excluding carboxylic acids is 2. The van der Waals surface area contributed by atoms with Crippen molar-refractivity contribution < 1.29 is 27.5 Å². The first-order chi connectivity index (χ1) is 16.7. The van der Waals surface area contributed by atoms with E-state index in [4.69, 9.17) is 4.74 Å². The molecule has 0 radical (unpaired) electrons. The summed E-state index contributed by atoms with van der Waals surface area (Å²) in [5.41, 5.74) is -2.62. The minimum atomic E-state index is -4.94. The van der Waals surface area contributed by atoms with E-state index in [1.165, 1.54) is 29.2 Å². The summed E-state index contributed by atoms with van der Waals surface area (Å²) in [4.78, 5) is 28.3. The minimum absolute atomic E-state index is 0.0185. The topological polar surface area (TPSA) is 58.6 Å². The SMILES string of the molecule is CO[C@@](C(=O)N1CCC2(CC1)CC(=O)NCC2c1ccccc1SC)(c1ccccc1)C(F)(F)F. The second kappa shape index (κ2) is 9.85. The largest absolute Gasteiger partial charge is 0.430 e. The molecule has 2 saturated heterocycles. The average Bonchev–Trinajstić information content (AvgIpc) is 2.85. The first-order valence-corrected chi connectivity index (χ1v) is 12.8. The van der Waals surface area contributed by atoms with Crippen molar-refractivity contribution >= 4 is 23.6 Å². The molecule has 2 aromatic rings. The third-order valence-electron chi connectivity index (χ3n) is 7.50. The lowest BCUT2D eigenvalue weighted by Crippen LogP contribution is -2.60. The van der Waals surface area contributed by atoms with Gasteiger partial charge in [-0.15, -0.1) is 11.8 Å². The molecule has 5 nitrogen and oxygen atoms in total. The number of hydrogen-bond acceptors (Lipinski definition) is 4. The molecule has 2 aliphatic rings. The summed E-state index contributed by atoms with van der Waals surface area (Å²) in [6, 6.07) is 15.1. The number of alkyl halides is 3. The van der Waals surface area contributed by atoms with Crippen molar-refractivity contribution in [3.63, 3.8) is 0 Å². The third kappa shape index (κ3) is 4.44. The molecule has 35 heavy (non-hydrogen) atoms. The van der Waals surface area contributed by atoms with Gasteiger partial charge in [0, 0.05) is 49.5 Å². The summed E-state index contributed by atoms with van der Waals surface area (Å²) < 4.78 is 48.2. The molecule has 2 amide bonds. The van der Waals surface area contributed by atoms with Crippen LogP contribution in [0.25, 0.3) is 0 Å². The molecule has 4 rings (SSSR count). The summed E-state index contributed by atoms with van der Waals surface area (Å²) in [5.74, 6) is -1.16. The molecule has 0 saturated carbocycles. The molecule has 1 unspecified atom stereocenters. The molecular weight excluding hydrogens is 477 g/mol. The number of ether oxygens (including phenoxy) is 1.